The van der Waals surface area contributed by atoms with Crippen LogP contribution in [0.5, 0.6) is 0 Å². The van der Waals surface area contributed by atoms with E-state index in [0.29, 0.717) is 17.7 Å². The Balaban J connectivity index is 2.45. The van der Waals surface area contributed by atoms with E-state index in [0.717, 1.165) is 6.07 Å². The molecule has 2 rings (SSSR count). The molecule has 0 radical (unpaired) electrons. The molecule has 1 N–H and O–H groups in total. The normalized spacial score (nSPS) is 12.0. The molecule has 0 heterocycles. The van der Waals surface area contributed by atoms with Crippen LogP contribution in [-0.2, 0) is 16.2 Å². The lowest BCUT2D eigenvalue weighted by Gasteiger charge is -2.12. The number of nitrogens with zero attached hydrogens (tertiary/aromatic N) is 1. The van der Waals surface area contributed by atoms with Crippen molar-refractivity contribution in [3.8, 4) is 0 Å². The highest BCUT2D eigenvalue weighted by molar-refractivity contribution is 7.92. The monoisotopic (exact) mass is 360 g/mol. The van der Waals surface area contributed by atoms with Gasteiger partial charge in [-0.05, 0) is 36.8 Å². The highest BCUT2D eigenvalue weighted by Gasteiger charge is 2.38. The van der Waals surface area contributed by atoms with Gasteiger partial charge in [-0.15, -0.1) is 0 Å². The number of aryl methyl sites for hydroxylation is 1. The van der Waals surface area contributed by atoms with Crippen molar-refractivity contribution in [3.05, 3.63) is 63.7 Å². The first-order valence-corrected chi connectivity index (χ1v) is 7.94. The van der Waals surface area contributed by atoms with Gasteiger partial charge in [-0.2, -0.15) is 13.2 Å². The van der Waals surface area contributed by atoms with Crippen LogP contribution in [0.15, 0.2) is 47.4 Å². The van der Waals surface area contributed by atoms with E-state index >= 15 is 0 Å². The molecule has 0 atom stereocenters. The second-order valence-corrected chi connectivity index (χ2v) is 6.59. The maximum atomic E-state index is 12.9. The third-order valence-electron chi connectivity index (χ3n) is 3.05. The molecular weight excluding hydrogens is 349 g/mol. The molecule has 0 aliphatic carbocycles. The predicted molar refractivity (Wildman–Crippen MR) is 80.1 cm³/mol. The van der Waals surface area contributed by atoms with Crippen molar-refractivity contribution < 1.29 is 26.5 Å². The Morgan fingerprint density at radius 3 is 2.33 bits per heavy atom. The maximum Gasteiger partial charge on any atom is 0.423 e. The Labute approximate surface area is 135 Å². The SMILES string of the molecule is Cc1cccc(S(=O)(=O)Nc2ccc([N+](=O)[O-])c(C(F)(F)F)c2)c1. The second-order valence-electron chi connectivity index (χ2n) is 4.91. The summed E-state index contributed by atoms with van der Waals surface area (Å²) in [6, 6.07) is 7.68. The van der Waals surface area contributed by atoms with Gasteiger partial charge < -0.3 is 0 Å². The molecule has 0 bridgehead atoms. The van der Waals surface area contributed by atoms with Crippen LogP contribution in [0.2, 0.25) is 0 Å². The number of benzene rings is 2. The summed E-state index contributed by atoms with van der Waals surface area (Å²) in [7, 11) is -4.12. The van der Waals surface area contributed by atoms with E-state index in [1.54, 1.807) is 13.0 Å². The molecule has 128 valence electrons. The molecular formula is C14H11F3N2O4S. The Morgan fingerprint density at radius 1 is 1.12 bits per heavy atom. The number of sulfonamides is 1. The van der Waals surface area contributed by atoms with E-state index < -0.39 is 38.1 Å². The van der Waals surface area contributed by atoms with Crippen LogP contribution in [0.25, 0.3) is 0 Å². The number of hydrogen-bond donors (Lipinski definition) is 1. The van der Waals surface area contributed by atoms with Gasteiger partial charge in [-0.1, -0.05) is 12.1 Å². The largest absolute Gasteiger partial charge is 0.423 e. The first-order chi connectivity index (χ1) is 11.0. The second kappa shape index (κ2) is 6.11. The number of alkyl halides is 3. The molecule has 0 aromatic heterocycles. The first-order valence-electron chi connectivity index (χ1n) is 6.46. The van der Waals surface area contributed by atoms with Crippen molar-refractivity contribution in [1.82, 2.24) is 0 Å². The highest BCUT2D eigenvalue weighted by atomic mass is 32.2. The zero-order valence-electron chi connectivity index (χ0n) is 12.2. The molecule has 0 spiro atoms. The zero-order valence-corrected chi connectivity index (χ0v) is 13.0. The summed E-state index contributed by atoms with van der Waals surface area (Å²) in [6.07, 6.45) is -4.99. The summed E-state index contributed by atoms with van der Waals surface area (Å²) in [5.41, 5.74) is -2.45. The van der Waals surface area contributed by atoms with E-state index in [2.05, 4.69) is 0 Å². The third kappa shape index (κ3) is 3.82. The van der Waals surface area contributed by atoms with E-state index in [9.17, 15) is 31.7 Å². The smallest absolute Gasteiger partial charge is 0.280 e. The van der Waals surface area contributed by atoms with Gasteiger partial charge in [-0.25, -0.2) is 8.42 Å². The third-order valence-corrected chi connectivity index (χ3v) is 4.43. The fraction of sp³-hybridized carbons (Fsp3) is 0.143. The molecule has 0 unspecified atom stereocenters. The van der Waals surface area contributed by atoms with Gasteiger partial charge in [-0.3, -0.25) is 14.8 Å². The molecule has 2 aromatic rings. The number of halogens is 3. The molecule has 2 aromatic carbocycles. The Bertz CT molecular complexity index is 895. The number of nitro groups is 1. The average molecular weight is 360 g/mol. The lowest BCUT2D eigenvalue weighted by Crippen LogP contribution is -2.15. The average Bonchev–Trinajstić information content (AvgIpc) is 2.45. The van der Waals surface area contributed by atoms with Gasteiger partial charge in [0.15, 0.2) is 0 Å². The van der Waals surface area contributed by atoms with Crippen LogP contribution < -0.4 is 4.72 Å². The van der Waals surface area contributed by atoms with E-state index in [-0.39, 0.29) is 4.90 Å². The number of nitrogens with one attached hydrogen (secondary N) is 1. The van der Waals surface area contributed by atoms with E-state index in [4.69, 9.17) is 0 Å². The quantitative estimate of drug-likeness (QED) is 0.665. The van der Waals surface area contributed by atoms with Crippen LogP contribution in [-0.4, -0.2) is 13.3 Å². The number of anilines is 1. The molecule has 6 nitrogen and oxygen atoms in total. The Morgan fingerprint density at radius 2 is 1.79 bits per heavy atom. The van der Waals surface area contributed by atoms with Crippen LogP contribution in [0.3, 0.4) is 0 Å². The number of nitro benzene ring substituents is 1. The summed E-state index contributed by atoms with van der Waals surface area (Å²) in [6.45, 7) is 1.66. The van der Waals surface area contributed by atoms with Crippen molar-refractivity contribution in [3.63, 3.8) is 0 Å². The van der Waals surface area contributed by atoms with Gasteiger partial charge >= 0.3 is 6.18 Å². The molecule has 0 saturated carbocycles. The maximum absolute atomic E-state index is 12.9. The van der Waals surface area contributed by atoms with E-state index in [1.807, 2.05) is 4.72 Å². The fourth-order valence-corrected chi connectivity index (χ4v) is 3.14. The summed E-state index contributed by atoms with van der Waals surface area (Å²) in [5, 5.41) is 10.7. The molecule has 0 aliphatic rings. The van der Waals surface area contributed by atoms with Gasteiger partial charge in [0.25, 0.3) is 15.7 Å². The molecule has 10 heteroatoms. The number of rotatable bonds is 4. The summed E-state index contributed by atoms with van der Waals surface area (Å²) < 4.78 is 65.2. The molecule has 0 saturated heterocycles. The first kappa shape index (κ1) is 17.7. The summed E-state index contributed by atoms with van der Waals surface area (Å²) in [5.74, 6) is 0. The van der Waals surface area contributed by atoms with E-state index in [1.165, 1.54) is 18.2 Å². The van der Waals surface area contributed by atoms with Crippen LogP contribution >= 0.6 is 0 Å². The van der Waals surface area contributed by atoms with Crippen molar-refractivity contribution in [1.29, 1.82) is 0 Å². The predicted octanol–water partition coefficient (Wildman–Crippen LogP) is 3.72. The molecule has 0 aliphatic heterocycles. The van der Waals surface area contributed by atoms with Crippen molar-refractivity contribution >= 4 is 21.4 Å². The van der Waals surface area contributed by atoms with Crippen LogP contribution in [0.4, 0.5) is 24.5 Å². The van der Waals surface area contributed by atoms with Gasteiger partial charge in [0.2, 0.25) is 0 Å². The summed E-state index contributed by atoms with van der Waals surface area (Å²) >= 11 is 0. The van der Waals surface area contributed by atoms with Gasteiger partial charge in [0.05, 0.1) is 9.82 Å². The minimum atomic E-state index is -4.99. The standard InChI is InChI=1S/C14H11F3N2O4S/c1-9-3-2-4-11(7-9)24(22,23)18-10-5-6-13(19(20)21)12(8-10)14(15,16)17/h2-8,18H,1H3. The van der Waals surface area contributed by atoms with Gasteiger partial charge in [0.1, 0.15) is 5.56 Å². The lowest BCUT2D eigenvalue weighted by molar-refractivity contribution is -0.388. The number of hydrogen-bond acceptors (Lipinski definition) is 4. The summed E-state index contributed by atoms with van der Waals surface area (Å²) in [4.78, 5) is 9.38. The molecule has 0 amide bonds. The van der Waals surface area contributed by atoms with Crippen LogP contribution in [0, 0.1) is 17.0 Å². The molecule has 24 heavy (non-hydrogen) atoms. The van der Waals surface area contributed by atoms with Crippen molar-refractivity contribution in [2.24, 2.45) is 0 Å². The van der Waals surface area contributed by atoms with Gasteiger partial charge in [0, 0.05) is 11.8 Å². The zero-order chi connectivity index (χ0) is 18.1. The van der Waals surface area contributed by atoms with Crippen molar-refractivity contribution in [2.75, 3.05) is 4.72 Å². The fourth-order valence-electron chi connectivity index (χ4n) is 1.98. The van der Waals surface area contributed by atoms with Crippen molar-refractivity contribution in [2.45, 2.75) is 18.0 Å². The minimum absolute atomic E-state index is 0.130. The highest BCUT2D eigenvalue weighted by Crippen LogP contribution is 2.37. The minimum Gasteiger partial charge on any atom is -0.280 e. The molecule has 0 fully saturated rings. The topological polar surface area (TPSA) is 89.3 Å². The Kier molecular flexibility index (Phi) is 4.52. The Hall–Kier alpha value is -2.62. The van der Waals surface area contributed by atoms with Crippen LogP contribution in [0.1, 0.15) is 11.1 Å². The lowest BCUT2D eigenvalue weighted by atomic mass is 10.1.